The average molecular weight is 498 g/mol. The second kappa shape index (κ2) is 10.7. The molecule has 1 aliphatic carbocycles. The second-order valence-electron chi connectivity index (χ2n) is 9.41. The van der Waals surface area contributed by atoms with E-state index < -0.39 is 10.0 Å². The molecule has 8 nitrogen and oxygen atoms in total. The molecule has 0 bridgehead atoms. The van der Waals surface area contributed by atoms with E-state index in [-0.39, 0.29) is 34.3 Å². The lowest BCUT2D eigenvalue weighted by Crippen LogP contribution is -2.33. The number of ketones is 1. The monoisotopic (exact) mass is 497 g/mol. The van der Waals surface area contributed by atoms with Gasteiger partial charge in [0.25, 0.3) is 0 Å². The minimum absolute atomic E-state index is 0.0209. The van der Waals surface area contributed by atoms with E-state index in [9.17, 15) is 22.8 Å². The van der Waals surface area contributed by atoms with Crippen LogP contribution in [0, 0.1) is 11.8 Å². The van der Waals surface area contributed by atoms with E-state index >= 15 is 0 Å². The predicted octanol–water partition coefficient (Wildman–Crippen LogP) is 3.89. The van der Waals surface area contributed by atoms with Gasteiger partial charge in [-0.2, -0.15) is 0 Å². The highest BCUT2D eigenvalue weighted by Gasteiger charge is 2.28. The first-order chi connectivity index (χ1) is 16.7. The van der Waals surface area contributed by atoms with E-state index in [0.29, 0.717) is 55.6 Å². The summed E-state index contributed by atoms with van der Waals surface area (Å²) in [7, 11) is -3.66. The standard InChI is InChI=1S/C26H31N3O5S/c1-17(30)19-9-11-22(12-10-19)28-26(32)20-7-5-18(6-8-20)16-27-35(33,34)23-13-14-24-21(15-23)3-2-4-25(31)29-24/h9-15,18,20,27H,2-8,16H2,1H3,(H,28,32)(H,29,31). The number of Topliss-reactive ketones (excluding diaryl/α,β-unsaturated/α-hetero) is 1. The van der Waals surface area contributed by atoms with Gasteiger partial charge in [-0.3, -0.25) is 14.4 Å². The van der Waals surface area contributed by atoms with Gasteiger partial charge in [-0.1, -0.05) is 0 Å². The molecule has 3 N–H and O–H groups in total. The van der Waals surface area contributed by atoms with Gasteiger partial charge in [0.1, 0.15) is 0 Å². The first-order valence-corrected chi connectivity index (χ1v) is 13.5. The van der Waals surface area contributed by atoms with Crippen molar-refractivity contribution in [2.75, 3.05) is 17.2 Å². The molecule has 1 aliphatic heterocycles. The van der Waals surface area contributed by atoms with Crippen molar-refractivity contribution in [1.29, 1.82) is 0 Å². The van der Waals surface area contributed by atoms with Crippen molar-refractivity contribution < 1.29 is 22.8 Å². The van der Waals surface area contributed by atoms with Gasteiger partial charge in [0.2, 0.25) is 21.8 Å². The predicted molar refractivity (Wildman–Crippen MR) is 134 cm³/mol. The molecule has 0 atom stereocenters. The minimum atomic E-state index is -3.66. The fourth-order valence-corrected chi connectivity index (χ4v) is 5.86. The lowest BCUT2D eigenvalue weighted by atomic mass is 9.81. The van der Waals surface area contributed by atoms with Gasteiger partial charge in [0.15, 0.2) is 5.78 Å². The number of benzene rings is 2. The minimum Gasteiger partial charge on any atom is -0.326 e. The van der Waals surface area contributed by atoms with Gasteiger partial charge in [-0.25, -0.2) is 13.1 Å². The normalized spacial score (nSPS) is 20.3. The van der Waals surface area contributed by atoms with Crippen LogP contribution in [-0.2, 0) is 26.0 Å². The van der Waals surface area contributed by atoms with Gasteiger partial charge >= 0.3 is 0 Å². The summed E-state index contributed by atoms with van der Waals surface area (Å²) in [5.74, 6) is -0.0596. The van der Waals surface area contributed by atoms with E-state index in [4.69, 9.17) is 0 Å². The Labute approximate surface area is 205 Å². The number of carbonyl (C=O) groups excluding carboxylic acids is 3. The van der Waals surface area contributed by atoms with Crippen LogP contribution in [-0.4, -0.2) is 32.6 Å². The molecule has 2 aromatic rings. The zero-order chi connectivity index (χ0) is 25.0. The maximum atomic E-state index is 12.9. The number of hydrogen-bond acceptors (Lipinski definition) is 5. The van der Waals surface area contributed by atoms with Crippen LogP contribution in [0.1, 0.15) is 61.4 Å². The summed E-state index contributed by atoms with van der Waals surface area (Å²) in [6, 6.07) is 11.7. The highest BCUT2D eigenvalue weighted by atomic mass is 32.2. The van der Waals surface area contributed by atoms with E-state index in [1.165, 1.54) is 13.0 Å². The van der Waals surface area contributed by atoms with Gasteiger partial charge in [-0.15, -0.1) is 0 Å². The summed E-state index contributed by atoms with van der Waals surface area (Å²) in [6.45, 7) is 1.83. The Morgan fingerprint density at radius 1 is 1.00 bits per heavy atom. The van der Waals surface area contributed by atoms with Crippen molar-refractivity contribution in [2.45, 2.75) is 56.8 Å². The molecular formula is C26H31N3O5S. The third-order valence-corrected chi connectivity index (χ3v) is 8.27. The lowest BCUT2D eigenvalue weighted by Gasteiger charge is -2.28. The van der Waals surface area contributed by atoms with Crippen LogP contribution >= 0.6 is 0 Å². The number of nitrogens with one attached hydrogen (secondary N) is 3. The van der Waals surface area contributed by atoms with Crippen LogP contribution in [0.4, 0.5) is 11.4 Å². The number of fused-ring (bicyclic) bond motifs is 1. The summed E-state index contributed by atoms with van der Waals surface area (Å²) >= 11 is 0. The molecule has 0 aromatic heterocycles. The zero-order valence-corrected chi connectivity index (χ0v) is 20.6. The number of aryl methyl sites for hydroxylation is 1. The van der Waals surface area contributed by atoms with Gasteiger partial charge < -0.3 is 10.6 Å². The first kappa shape index (κ1) is 25.1. The lowest BCUT2D eigenvalue weighted by molar-refractivity contribution is -0.121. The molecule has 1 fully saturated rings. The number of carbonyl (C=O) groups is 3. The first-order valence-electron chi connectivity index (χ1n) is 12.1. The topological polar surface area (TPSA) is 121 Å². The molecular weight excluding hydrogens is 466 g/mol. The van der Waals surface area contributed by atoms with E-state index in [2.05, 4.69) is 15.4 Å². The molecule has 0 saturated heterocycles. The number of rotatable bonds is 7. The summed E-state index contributed by atoms with van der Waals surface area (Å²) < 4.78 is 28.5. The van der Waals surface area contributed by atoms with Gasteiger partial charge in [0.05, 0.1) is 4.90 Å². The summed E-state index contributed by atoms with van der Waals surface area (Å²) in [4.78, 5) is 36.0. The maximum Gasteiger partial charge on any atom is 0.240 e. The van der Waals surface area contributed by atoms with E-state index in [1.807, 2.05) is 0 Å². The molecule has 35 heavy (non-hydrogen) atoms. The average Bonchev–Trinajstić information content (AvgIpc) is 3.03. The summed E-state index contributed by atoms with van der Waals surface area (Å²) in [5.41, 5.74) is 2.78. The van der Waals surface area contributed by atoms with Crippen LogP contribution in [0.2, 0.25) is 0 Å². The quantitative estimate of drug-likeness (QED) is 0.501. The Morgan fingerprint density at radius 3 is 2.40 bits per heavy atom. The Morgan fingerprint density at radius 2 is 1.71 bits per heavy atom. The molecule has 2 amide bonds. The van der Waals surface area contributed by atoms with Crippen molar-refractivity contribution >= 4 is 39.0 Å². The van der Waals surface area contributed by atoms with Crippen LogP contribution < -0.4 is 15.4 Å². The van der Waals surface area contributed by atoms with E-state index in [1.54, 1.807) is 36.4 Å². The van der Waals surface area contributed by atoms with Crippen LogP contribution in [0.3, 0.4) is 0 Å². The highest BCUT2D eigenvalue weighted by molar-refractivity contribution is 7.89. The number of amides is 2. The smallest absolute Gasteiger partial charge is 0.240 e. The number of anilines is 2. The fourth-order valence-electron chi connectivity index (χ4n) is 4.69. The largest absolute Gasteiger partial charge is 0.326 e. The zero-order valence-electron chi connectivity index (χ0n) is 19.8. The third kappa shape index (κ3) is 6.35. The molecule has 9 heteroatoms. The number of sulfonamides is 1. The van der Waals surface area contributed by atoms with Crippen molar-refractivity contribution in [3.63, 3.8) is 0 Å². The molecule has 4 rings (SSSR count). The highest BCUT2D eigenvalue weighted by Crippen LogP contribution is 2.30. The number of hydrogen-bond donors (Lipinski definition) is 3. The second-order valence-corrected chi connectivity index (χ2v) is 11.2. The van der Waals surface area contributed by atoms with Crippen molar-refractivity contribution in [1.82, 2.24) is 4.72 Å². The Bertz CT molecular complexity index is 1220. The van der Waals surface area contributed by atoms with Crippen LogP contribution in [0.15, 0.2) is 47.4 Å². The Hall–Kier alpha value is -3.04. The molecule has 0 radical (unpaired) electrons. The molecule has 1 heterocycles. The molecule has 1 saturated carbocycles. The molecule has 0 spiro atoms. The fraction of sp³-hybridized carbons (Fsp3) is 0.423. The van der Waals surface area contributed by atoms with Gasteiger partial charge in [0, 0.05) is 35.8 Å². The molecule has 2 aliphatic rings. The Balaban J connectivity index is 1.27. The van der Waals surface area contributed by atoms with E-state index in [0.717, 1.165) is 18.4 Å². The SMILES string of the molecule is CC(=O)c1ccc(NC(=O)C2CCC(CNS(=O)(=O)c3ccc4c(c3)CCCC(=O)N4)CC2)cc1. The third-order valence-electron chi connectivity index (χ3n) is 6.85. The molecule has 186 valence electrons. The van der Waals surface area contributed by atoms with Crippen molar-refractivity contribution in [3.8, 4) is 0 Å². The Kier molecular flexibility index (Phi) is 7.66. The van der Waals surface area contributed by atoms with Crippen molar-refractivity contribution in [3.05, 3.63) is 53.6 Å². The van der Waals surface area contributed by atoms with Crippen molar-refractivity contribution in [2.24, 2.45) is 11.8 Å². The molecule has 0 unspecified atom stereocenters. The maximum absolute atomic E-state index is 12.9. The summed E-state index contributed by atoms with van der Waals surface area (Å²) in [5, 5.41) is 5.73. The summed E-state index contributed by atoms with van der Waals surface area (Å²) in [6.07, 6.45) is 4.70. The van der Waals surface area contributed by atoms with Gasteiger partial charge in [-0.05, 0) is 99.4 Å². The van der Waals surface area contributed by atoms with Crippen LogP contribution in [0.25, 0.3) is 0 Å². The molecule has 2 aromatic carbocycles. The van der Waals surface area contributed by atoms with Crippen LogP contribution in [0.5, 0.6) is 0 Å².